The molecule has 0 radical (unpaired) electrons. The van der Waals surface area contributed by atoms with E-state index in [4.69, 9.17) is 0 Å². The monoisotopic (exact) mass is 455 g/mol. The number of pyridine rings is 1. The Bertz CT molecular complexity index is 1760. The summed E-state index contributed by atoms with van der Waals surface area (Å²) in [6.45, 7) is 2.31. The van der Waals surface area contributed by atoms with Gasteiger partial charge in [0.25, 0.3) is 5.56 Å². The molecule has 0 fully saturated rings. The summed E-state index contributed by atoms with van der Waals surface area (Å²) in [6.07, 6.45) is 5.73. The van der Waals surface area contributed by atoms with E-state index in [2.05, 4.69) is 15.1 Å². The van der Waals surface area contributed by atoms with Crippen molar-refractivity contribution in [2.45, 2.75) is 19.9 Å². The normalized spacial score (nSPS) is 11.7. The van der Waals surface area contributed by atoms with Crippen molar-refractivity contribution in [3.8, 4) is 11.1 Å². The van der Waals surface area contributed by atoms with E-state index in [0.717, 1.165) is 33.3 Å². The molecule has 0 atom stereocenters. The number of halogens is 2. The van der Waals surface area contributed by atoms with Crippen LogP contribution in [-0.4, -0.2) is 24.1 Å². The molecule has 2 aromatic carbocycles. The summed E-state index contributed by atoms with van der Waals surface area (Å²) in [5.74, 6) is -0.601. The van der Waals surface area contributed by atoms with Crippen molar-refractivity contribution >= 4 is 27.5 Å². The van der Waals surface area contributed by atoms with Gasteiger partial charge in [-0.25, -0.2) is 18.3 Å². The molecule has 0 spiro atoms. The molecule has 6 aromatic rings. The maximum atomic E-state index is 13.7. The number of hydrogen-bond donors (Lipinski definition) is 1. The topological polar surface area (TPSA) is 68.0 Å². The van der Waals surface area contributed by atoms with Gasteiger partial charge in [0.2, 0.25) is 0 Å². The molecule has 4 aromatic heterocycles. The third kappa shape index (κ3) is 3.18. The van der Waals surface area contributed by atoms with E-state index < -0.39 is 0 Å². The first kappa shape index (κ1) is 20.3. The number of rotatable bonds is 4. The van der Waals surface area contributed by atoms with Gasteiger partial charge >= 0.3 is 0 Å². The Morgan fingerprint density at radius 2 is 1.79 bits per heavy atom. The van der Waals surface area contributed by atoms with Crippen LogP contribution in [0.15, 0.2) is 71.9 Å². The van der Waals surface area contributed by atoms with Crippen LogP contribution in [0.5, 0.6) is 0 Å². The van der Waals surface area contributed by atoms with Crippen LogP contribution in [0.4, 0.5) is 8.78 Å². The lowest BCUT2D eigenvalue weighted by Crippen LogP contribution is -2.21. The maximum Gasteiger partial charge on any atom is 0.261 e. The molecule has 8 heteroatoms. The fraction of sp³-hybridized carbons (Fsp3) is 0.115. The van der Waals surface area contributed by atoms with Gasteiger partial charge in [0.05, 0.1) is 16.6 Å². The smallest absolute Gasteiger partial charge is 0.261 e. The molecule has 34 heavy (non-hydrogen) atoms. The Kier molecular flexibility index (Phi) is 4.55. The van der Waals surface area contributed by atoms with Crippen LogP contribution in [0.1, 0.15) is 11.3 Å². The van der Waals surface area contributed by atoms with Crippen molar-refractivity contribution in [2.24, 2.45) is 0 Å². The van der Waals surface area contributed by atoms with Gasteiger partial charge < -0.3 is 9.55 Å². The average molecular weight is 455 g/mol. The highest BCUT2D eigenvalue weighted by Crippen LogP contribution is 2.28. The molecule has 6 nitrogen and oxygen atoms in total. The number of aromatic amines is 1. The van der Waals surface area contributed by atoms with Gasteiger partial charge in [0.15, 0.2) is 5.65 Å². The highest BCUT2D eigenvalue weighted by atomic mass is 19.1. The second-order valence-corrected chi connectivity index (χ2v) is 8.33. The molecule has 168 valence electrons. The second-order valence-electron chi connectivity index (χ2n) is 8.33. The number of hydrogen-bond acceptors (Lipinski definition) is 3. The SMILES string of the molecule is Cc1nn2c(ncc3c(=O)n(CCc4c[nH]c5ccc(F)cc45)ccc32)c1-c1ccc(F)cc1. The summed E-state index contributed by atoms with van der Waals surface area (Å²) < 4.78 is 30.4. The molecule has 0 saturated heterocycles. The van der Waals surface area contributed by atoms with E-state index in [9.17, 15) is 13.6 Å². The minimum absolute atomic E-state index is 0.172. The summed E-state index contributed by atoms with van der Waals surface area (Å²) in [6, 6.07) is 12.7. The molecule has 4 heterocycles. The zero-order chi connectivity index (χ0) is 23.4. The summed E-state index contributed by atoms with van der Waals surface area (Å²) in [5.41, 5.74) is 5.24. The number of aryl methyl sites for hydroxylation is 3. The van der Waals surface area contributed by atoms with E-state index in [0.29, 0.717) is 29.5 Å². The van der Waals surface area contributed by atoms with Crippen LogP contribution in [0.25, 0.3) is 38.6 Å². The number of benzene rings is 2. The van der Waals surface area contributed by atoms with Crippen molar-refractivity contribution in [3.63, 3.8) is 0 Å². The van der Waals surface area contributed by atoms with Crippen LogP contribution in [0, 0.1) is 18.6 Å². The van der Waals surface area contributed by atoms with E-state index in [1.165, 1.54) is 24.3 Å². The highest BCUT2D eigenvalue weighted by Gasteiger charge is 2.16. The number of nitrogens with zero attached hydrogens (tertiary/aromatic N) is 4. The Morgan fingerprint density at radius 1 is 1.00 bits per heavy atom. The van der Waals surface area contributed by atoms with Crippen molar-refractivity contribution < 1.29 is 8.78 Å². The number of aromatic nitrogens is 5. The number of nitrogens with one attached hydrogen (secondary N) is 1. The molecule has 0 aliphatic heterocycles. The molecular weight excluding hydrogens is 436 g/mol. The van der Waals surface area contributed by atoms with Gasteiger partial charge in [-0.15, -0.1) is 0 Å². The molecule has 0 bridgehead atoms. The molecule has 0 aliphatic carbocycles. The predicted octanol–water partition coefficient (Wildman–Crippen LogP) is 5.02. The molecule has 0 saturated carbocycles. The maximum absolute atomic E-state index is 13.7. The van der Waals surface area contributed by atoms with Crippen molar-refractivity contribution in [1.82, 2.24) is 24.1 Å². The summed E-state index contributed by atoms with van der Waals surface area (Å²) in [4.78, 5) is 20.9. The van der Waals surface area contributed by atoms with Crippen LogP contribution in [-0.2, 0) is 13.0 Å². The van der Waals surface area contributed by atoms with Gasteiger partial charge in [-0.1, -0.05) is 12.1 Å². The lowest BCUT2D eigenvalue weighted by Gasteiger charge is -2.08. The Morgan fingerprint density at radius 3 is 2.62 bits per heavy atom. The first-order valence-corrected chi connectivity index (χ1v) is 10.9. The van der Waals surface area contributed by atoms with Gasteiger partial charge in [-0.3, -0.25) is 4.79 Å². The third-order valence-corrected chi connectivity index (χ3v) is 6.24. The van der Waals surface area contributed by atoms with Crippen molar-refractivity contribution in [2.75, 3.05) is 0 Å². The van der Waals surface area contributed by atoms with Gasteiger partial charge in [0.1, 0.15) is 11.6 Å². The fourth-order valence-electron chi connectivity index (χ4n) is 4.55. The average Bonchev–Trinajstić information content (AvgIpc) is 3.39. The summed E-state index contributed by atoms with van der Waals surface area (Å²) in [7, 11) is 0. The highest BCUT2D eigenvalue weighted by molar-refractivity contribution is 5.86. The number of H-pyrrole nitrogens is 1. The Hall–Kier alpha value is -4.33. The van der Waals surface area contributed by atoms with Gasteiger partial charge in [-0.2, -0.15) is 5.10 Å². The predicted molar refractivity (Wildman–Crippen MR) is 127 cm³/mol. The molecule has 0 amide bonds. The minimum Gasteiger partial charge on any atom is -0.361 e. The second kappa shape index (κ2) is 7.62. The lowest BCUT2D eigenvalue weighted by molar-refractivity contribution is 0.628. The van der Waals surface area contributed by atoms with Crippen molar-refractivity contribution in [3.05, 3.63) is 100 Å². The van der Waals surface area contributed by atoms with Crippen LogP contribution in [0.3, 0.4) is 0 Å². The van der Waals surface area contributed by atoms with Gasteiger partial charge in [0, 0.05) is 41.6 Å². The lowest BCUT2D eigenvalue weighted by atomic mass is 10.1. The molecule has 6 rings (SSSR count). The van der Waals surface area contributed by atoms with Gasteiger partial charge in [-0.05, 0) is 60.9 Å². The molecular formula is C26H19F2N5O. The van der Waals surface area contributed by atoms with E-state index in [-0.39, 0.29) is 17.2 Å². The minimum atomic E-state index is -0.311. The molecule has 0 unspecified atom stereocenters. The van der Waals surface area contributed by atoms with Crippen LogP contribution in [0.2, 0.25) is 0 Å². The van der Waals surface area contributed by atoms with Crippen molar-refractivity contribution in [1.29, 1.82) is 0 Å². The molecule has 0 aliphatic rings. The van der Waals surface area contributed by atoms with Crippen LogP contribution >= 0.6 is 0 Å². The Balaban J connectivity index is 1.39. The first-order valence-electron chi connectivity index (χ1n) is 10.9. The first-order chi connectivity index (χ1) is 16.5. The quantitative estimate of drug-likeness (QED) is 0.406. The molecule has 1 N–H and O–H groups in total. The van der Waals surface area contributed by atoms with E-state index >= 15 is 0 Å². The largest absolute Gasteiger partial charge is 0.361 e. The zero-order valence-electron chi connectivity index (χ0n) is 18.2. The van der Waals surface area contributed by atoms with E-state index in [1.54, 1.807) is 39.7 Å². The van der Waals surface area contributed by atoms with Crippen LogP contribution < -0.4 is 5.56 Å². The standard InChI is InChI=1S/C26H19F2N5O/c1-15-24(16-2-4-18(27)5-3-16)25-30-14-21-23(33(25)31-15)9-11-32(26(21)34)10-8-17-13-29-22-7-6-19(28)12-20(17)22/h2-7,9,11-14,29H,8,10H2,1H3. The fourth-order valence-corrected chi connectivity index (χ4v) is 4.55. The zero-order valence-corrected chi connectivity index (χ0v) is 18.2. The summed E-state index contributed by atoms with van der Waals surface area (Å²) in [5, 5.41) is 5.88. The number of fused-ring (bicyclic) bond motifs is 4. The third-order valence-electron chi connectivity index (χ3n) is 6.24. The Labute approximate surface area is 192 Å². The summed E-state index contributed by atoms with van der Waals surface area (Å²) >= 11 is 0. The van der Waals surface area contributed by atoms with E-state index in [1.807, 2.05) is 19.2 Å².